The fourth-order valence-electron chi connectivity index (χ4n) is 7.74. The topological polar surface area (TPSA) is 61.2 Å². The van der Waals surface area contributed by atoms with Crippen LogP contribution in [-0.2, 0) is 14.3 Å². The zero-order chi connectivity index (χ0) is 20.4. The number of ether oxygens (including phenoxy) is 1. The highest BCUT2D eigenvalue weighted by molar-refractivity contribution is 6.03. The van der Waals surface area contributed by atoms with E-state index in [9.17, 15) is 9.59 Å². The standard InChI is InChI=1S/C24H32N2O3/c1-15(27)29-17-6-8-23(2)16(12-17)4-5-18-19(23)7-9-24(3)21(13-20(28)22(18)24)26-11-10-25-14-26/h10-11,13-14,16-19,22H,4-9,12H2,1-3H3. The smallest absolute Gasteiger partial charge is 0.302 e. The van der Waals surface area contributed by atoms with Crippen LogP contribution in [0.25, 0.3) is 5.70 Å². The van der Waals surface area contributed by atoms with Gasteiger partial charge in [-0.05, 0) is 68.1 Å². The van der Waals surface area contributed by atoms with E-state index in [1.807, 2.05) is 18.6 Å². The molecule has 1 aromatic rings. The molecule has 7 atom stereocenters. The molecule has 0 aliphatic heterocycles. The summed E-state index contributed by atoms with van der Waals surface area (Å²) in [7, 11) is 0. The first-order valence-electron chi connectivity index (χ1n) is 11.2. The fraction of sp³-hybridized carbons (Fsp3) is 0.708. The number of ketones is 1. The molecule has 0 spiro atoms. The van der Waals surface area contributed by atoms with Gasteiger partial charge < -0.3 is 9.30 Å². The Kier molecular flexibility index (Phi) is 4.31. The zero-order valence-corrected chi connectivity index (χ0v) is 17.8. The highest BCUT2D eigenvalue weighted by Crippen LogP contribution is 2.66. The van der Waals surface area contributed by atoms with Gasteiger partial charge in [-0.2, -0.15) is 0 Å². The summed E-state index contributed by atoms with van der Waals surface area (Å²) in [4.78, 5) is 28.9. The lowest BCUT2D eigenvalue weighted by atomic mass is 9.45. The van der Waals surface area contributed by atoms with Crippen LogP contribution in [0.15, 0.2) is 24.8 Å². The molecule has 3 fully saturated rings. The summed E-state index contributed by atoms with van der Waals surface area (Å²) in [5.41, 5.74) is 1.31. The second-order valence-electron chi connectivity index (χ2n) is 10.4. The minimum atomic E-state index is -0.157. The minimum absolute atomic E-state index is 0.0820. The third-order valence-electron chi connectivity index (χ3n) is 9.07. The summed E-state index contributed by atoms with van der Waals surface area (Å²) in [6, 6.07) is 0. The van der Waals surface area contributed by atoms with Gasteiger partial charge in [-0.25, -0.2) is 4.98 Å². The molecule has 7 unspecified atom stereocenters. The van der Waals surface area contributed by atoms with Crippen LogP contribution in [-0.4, -0.2) is 27.4 Å². The normalized spacial score (nSPS) is 43.8. The first-order chi connectivity index (χ1) is 13.8. The molecule has 0 N–H and O–H groups in total. The lowest BCUT2D eigenvalue weighted by Gasteiger charge is -2.60. The number of fused-ring (bicyclic) bond motifs is 5. The summed E-state index contributed by atoms with van der Waals surface area (Å²) in [6.45, 7) is 6.28. The maximum Gasteiger partial charge on any atom is 0.302 e. The Balaban J connectivity index is 1.41. The Labute approximate surface area is 172 Å². The van der Waals surface area contributed by atoms with Crippen LogP contribution >= 0.6 is 0 Å². The highest BCUT2D eigenvalue weighted by Gasteiger charge is 2.61. The van der Waals surface area contributed by atoms with Crippen LogP contribution in [0.3, 0.4) is 0 Å². The number of allylic oxidation sites excluding steroid dienone is 2. The largest absolute Gasteiger partial charge is 0.463 e. The number of esters is 1. The van der Waals surface area contributed by atoms with Crippen molar-refractivity contribution < 1.29 is 14.3 Å². The van der Waals surface area contributed by atoms with E-state index in [0.29, 0.717) is 23.5 Å². The van der Waals surface area contributed by atoms with Crippen LogP contribution < -0.4 is 0 Å². The van der Waals surface area contributed by atoms with Crippen molar-refractivity contribution in [2.45, 2.75) is 71.8 Å². The molecule has 3 saturated carbocycles. The fourth-order valence-corrected chi connectivity index (χ4v) is 7.74. The first kappa shape index (κ1) is 19.1. The molecule has 4 aliphatic rings. The second kappa shape index (κ2) is 6.55. The molecule has 1 aromatic heterocycles. The van der Waals surface area contributed by atoms with E-state index < -0.39 is 0 Å². The predicted molar refractivity (Wildman–Crippen MR) is 110 cm³/mol. The van der Waals surface area contributed by atoms with Gasteiger partial charge in [-0.1, -0.05) is 13.8 Å². The Morgan fingerprint density at radius 2 is 2.03 bits per heavy atom. The summed E-state index contributed by atoms with van der Waals surface area (Å²) < 4.78 is 7.62. The van der Waals surface area contributed by atoms with E-state index in [1.54, 1.807) is 6.20 Å². The number of nitrogens with zero attached hydrogens (tertiary/aromatic N) is 2. The molecule has 0 bridgehead atoms. The van der Waals surface area contributed by atoms with E-state index in [0.717, 1.165) is 44.2 Å². The molecule has 29 heavy (non-hydrogen) atoms. The molecule has 5 nitrogen and oxygen atoms in total. The van der Waals surface area contributed by atoms with Crippen molar-refractivity contribution in [1.82, 2.24) is 9.55 Å². The van der Waals surface area contributed by atoms with Crippen molar-refractivity contribution in [3.63, 3.8) is 0 Å². The number of hydrogen-bond donors (Lipinski definition) is 0. The highest BCUT2D eigenvalue weighted by atomic mass is 16.5. The van der Waals surface area contributed by atoms with Crippen molar-refractivity contribution in [3.05, 3.63) is 24.8 Å². The van der Waals surface area contributed by atoms with Gasteiger partial charge in [0, 0.05) is 42.4 Å². The van der Waals surface area contributed by atoms with Gasteiger partial charge in [0.2, 0.25) is 0 Å². The van der Waals surface area contributed by atoms with Crippen molar-refractivity contribution >= 4 is 17.4 Å². The van der Waals surface area contributed by atoms with E-state index in [2.05, 4.69) is 23.4 Å². The molecule has 0 saturated heterocycles. The zero-order valence-electron chi connectivity index (χ0n) is 17.8. The second-order valence-corrected chi connectivity index (χ2v) is 10.4. The average molecular weight is 397 g/mol. The number of carbonyl (C=O) groups is 2. The number of aromatic nitrogens is 2. The minimum Gasteiger partial charge on any atom is -0.463 e. The van der Waals surface area contributed by atoms with E-state index in [4.69, 9.17) is 4.74 Å². The Morgan fingerprint density at radius 3 is 2.76 bits per heavy atom. The number of hydrogen-bond acceptors (Lipinski definition) is 4. The van der Waals surface area contributed by atoms with Gasteiger partial charge in [-0.15, -0.1) is 0 Å². The van der Waals surface area contributed by atoms with E-state index in [-0.39, 0.29) is 28.8 Å². The van der Waals surface area contributed by atoms with Crippen LogP contribution in [0, 0.1) is 34.5 Å². The molecule has 0 amide bonds. The molecule has 4 aliphatic carbocycles. The number of carbonyl (C=O) groups excluding carboxylic acids is 2. The molecule has 5 heteroatoms. The summed E-state index contributed by atoms with van der Waals surface area (Å²) in [5.74, 6) is 1.92. The SMILES string of the molecule is CC(=O)OC1CCC2(C)C(CCC3C4C(=O)C=C(n5ccnc5)C4(C)CCC32)C1. The molecule has 0 aromatic carbocycles. The molecule has 156 valence electrons. The van der Waals surface area contributed by atoms with Crippen molar-refractivity contribution in [2.24, 2.45) is 34.5 Å². The van der Waals surface area contributed by atoms with Crippen LogP contribution in [0.2, 0.25) is 0 Å². The molecular weight excluding hydrogens is 364 g/mol. The third-order valence-corrected chi connectivity index (χ3v) is 9.07. The van der Waals surface area contributed by atoms with E-state index >= 15 is 0 Å². The van der Waals surface area contributed by atoms with E-state index in [1.165, 1.54) is 13.3 Å². The quantitative estimate of drug-likeness (QED) is 0.691. The van der Waals surface area contributed by atoms with Gasteiger partial charge in [0.15, 0.2) is 5.78 Å². The van der Waals surface area contributed by atoms with Gasteiger partial charge in [0.25, 0.3) is 0 Å². The predicted octanol–water partition coefficient (Wildman–Crippen LogP) is 4.49. The molecule has 1 heterocycles. The lowest BCUT2D eigenvalue weighted by molar-refractivity contribution is -0.160. The molecule has 0 radical (unpaired) electrons. The van der Waals surface area contributed by atoms with Gasteiger partial charge in [0.05, 0.1) is 6.33 Å². The first-order valence-corrected chi connectivity index (χ1v) is 11.2. The monoisotopic (exact) mass is 396 g/mol. The van der Waals surface area contributed by atoms with Crippen molar-refractivity contribution in [1.29, 1.82) is 0 Å². The maximum atomic E-state index is 13.2. The molecular formula is C24H32N2O3. The van der Waals surface area contributed by atoms with Crippen molar-refractivity contribution in [3.8, 4) is 0 Å². The van der Waals surface area contributed by atoms with Crippen LogP contribution in [0.5, 0.6) is 0 Å². The number of rotatable bonds is 2. The Hall–Kier alpha value is -1.91. The maximum absolute atomic E-state index is 13.2. The van der Waals surface area contributed by atoms with Crippen LogP contribution in [0.4, 0.5) is 0 Å². The average Bonchev–Trinajstić information content (AvgIpc) is 3.27. The summed E-state index contributed by atoms with van der Waals surface area (Å²) >= 11 is 0. The summed E-state index contributed by atoms with van der Waals surface area (Å²) in [6.07, 6.45) is 15.1. The van der Waals surface area contributed by atoms with Gasteiger partial charge in [0.1, 0.15) is 6.10 Å². The number of imidazole rings is 1. The van der Waals surface area contributed by atoms with Gasteiger partial charge in [-0.3, -0.25) is 9.59 Å². The lowest BCUT2D eigenvalue weighted by Crippen LogP contribution is -2.55. The Morgan fingerprint density at radius 1 is 1.21 bits per heavy atom. The van der Waals surface area contributed by atoms with Gasteiger partial charge >= 0.3 is 5.97 Å². The van der Waals surface area contributed by atoms with Crippen LogP contribution in [0.1, 0.15) is 65.7 Å². The summed E-state index contributed by atoms with van der Waals surface area (Å²) in [5, 5.41) is 0. The van der Waals surface area contributed by atoms with Crippen molar-refractivity contribution in [2.75, 3.05) is 0 Å². The third kappa shape index (κ3) is 2.76. The Bertz CT molecular complexity index is 859. The molecule has 5 rings (SSSR count).